The average molecular weight is 697 g/mol. The summed E-state index contributed by atoms with van der Waals surface area (Å²) < 4.78 is 0. The van der Waals surface area contributed by atoms with Gasteiger partial charge in [-0.1, -0.05) is 91.0 Å². The molecule has 3 aromatic rings. The molecule has 10 nitrogen and oxygen atoms in total. The van der Waals surface area contributed by atoms with Crippen LogP contribution in [0, 0.1) is 0 Å². The Morgan fingerprint density at radius 3 is 1.84 bits per heavy atom. The lowest BCUT2D eigenvalue weighted by Gasteiger charge is -2.35. The predicted octanol–water partition coefficient (Wildman–Crippen LogP) is 4.18. The average Bonchev–Trinajstić information content (AvgIpc) is 3.11. The molecule has 5 N–H and O–H groups in total. The van der Waals surface area contributed by atoms with E-state index in [9.17, 15) is 19.2 Å². The minimum absolute atomic E-state index is 0.211. The number of unbranched alkanes of at least 4 members (excludes halogenated alkanes) is 1. The Hall–Kier alpha value is -4.80. The van der Waals surface area contributed by atoms with Gasteiger partial charge in [0.05, 0.1) is 0 Å². The molecular formula is C41H56N6O4. The molecule has 4 amide bonds. The van der Waals surface area contributed by atoms with Gasteiger partial charge in [-0.15, -0.1) is 0 Å². The van der Waals surface area contributed by atoms with E-state index in [0.717, 1.165) is 22.3 Å². The first-order valence-corrected chi connectivity index (χ1v) is 17.6. The van der Waals surface area contributed by atoms with E-state index in [1.165, 1.54) is 20.8 Å². The lowest BCUT2D eigenvalue weighted by Crippen LogP contribution is -2.58. The normalized spacial score (nSPS) is 13.3. The Morgan fingerprint density at radius 2 is 1.27 bits per heavy atom. The first-order chi connectivity index (χ1) is 24.2. The molecule has 10 heteroatoms. The van der Waals surface area contributed by atoms with Crippen molar-refractivity contribution in [3.8, 4) is 11.1 Å². The van der Waals surface area contributed by atoms with Crippen LogP contribution in [0.3, 0.4) is 0 Å². The molecule has 0 saturated heterocycles. The number of carbonyl (C=O) groups excluding carboxylic acids is 4. The fourth-order valence-electron chi connectivity index (χ4n) is 5.77. The first kappa shape index (κ1) is 40.6. The fraction of sp³-hybridized carbons (Fsp3) is 0.415. The number of nitrogens with zero attached hydrogens (tertiary/aromatic N) is 3. The first-order valence-electron chi connectivity index (χ1n) is 17.6. The molecule has 0 unspecified atom stereocenters. The molecule has 0 saturated carbocycles. The van der Waals surface area contributed by atoms with E-state index in [0.29, 0.717) is 32.2 Å². The van der Waals surface area contributed by atoms with Crippen LogP contribution in [-0.4, -0.2) is 96.7 Å². The summed E-state index contributed by atoms with van der Waals surface area (Å²) in [6.45, 7) is 4.23. The van der Waals surface area contributed by atoms with Gasteiger partial charge >= 0.3 is 0 Å². The maximum absolute atomic E-state index is 14.6. The molecule has 274 valence electrons. The zero-order chi connectivity index (χ0) is 37.6. The largest absolute Gasteiger partial charge is 0.347 e. The molecule has 0 aliphatic carbocycles. The second-order valence-electron chi connectivity index (χ2n) is 14.1. The smallest absolute Gasteiger partial charge is 0.246 e. The molecule has 51 heavy (non-hydrogen) atoms. The SMILES string of the molecule is CN(C)C(=O)[C@H](CCCCN)NC(=O)[C@@H](Cc1ccccc1)N(C)C(=O)[C@@H](Cc1ccc(-c2ccccc2)cc1)N(C)C(=O)C=CCC(C)(C)N. The highest BCUT2D eigenvalue weighted by Crippen LogP contribution is 2.22. The summed E-state index contributed by atoms with van der Waals surface area (Å²) in [5.74, 6) is -1.44. The molecule has 3 rings (SSSR count). The number of hydrogen-bond donors (Lipinski definition) is 3. The topological polar surface area (TPSA) is 142 Å². The van der Waals surface area contributed by atoms with E-state index in [4.69, 9.17) is 11.5 Å². The van der Waals surface area contributed by atoms with Crippen LogP contribution in [-0.2, 0) is 32.0 Å². The number of likely N-dealkylation sites (N-methyl/N-ethyl adjacent to an activating group) is 3. The van der Waals surface area contributed by atoms with Crippen molar-refractivity contribution in [3.05, 3.63) is 108 Å². The van der Waals surface area contributed by atoms with Gasteiger partial charge in [0, 0.05) is 46.6 Å². The van der Waals surface area contributed by atoms with Crippen molar-refractivity contribution < 1.29 is 19.2 Å². The third kappa shape index (κ3) is 12.8. The highest BCUT2D eigenvalue weighted by Gasteiger charge is 2.36. The van der Waals surface area contributed by atoms with Crippen molar-refractivity contribution in [3.63, 3.8) is 0 Å². The number of benzene rings is 3. The minimum atomic E-state index is -0.966. The number of nitrogens with one attached hydrogen (secondary N) is 1. The Kier molecular flexibility index (Phi) is 15.6. The standard InChI is InChI=1S/C41H56N6O4/c1-41(2,43)26-15-21-37(48)46(5)36(29-31-22-24-33(25-23-31)32-18-11-8-12-19-32)40(51)47(6)35(28-30-16-9-7-10-17-30)38(49)44-34(20-13-14-27-42)39(50)45(3)4/h7-12,15-19,21-25,34-36H,13-14,20,26-29,42-43H2,1-6H3,(H,44,49)/t34-,35+,36+/m0/s1. The molecule has 0 aliphatic rings. The van der Waals surface area contributed by atoms with Gasteiger partial charge in [-0.05, 0) is 74.4 Å². The van der Waals surface area contributed by atoms with Crippen LogP contribution in [0.2, 0.25) is 0 Å². The van der Waals surface area contributed by atoms with Crippen LogP contribution >= 0.6 is 0 Å². The third-order valence-electron chi connectivity index (χ3n) is 8.89. The summed E-state index contributed by atoms with van der Waals surface area (Å²) in [7, 11) is 6.48. The predicted molar refractivity (Wildman–Crippen MR) is 204 cm³/mol. The number of rotatable bonds is 18. The number of carbonyl (C=O) groups is 4. The maximum Gasteiger partial charge on any atom is 0.246 e. The van der Waals surface area contributed by atoms with Crippen molar-refractivity contribution in [1.82, 2.24) is 20.0 Å². The second kappa shape index (κ2) is 19.6. The summed E-state index contributed by atoms with van der Waals surface area (Å²) in [5, 5.41) is 2.95. The van der Waals surface area contributed by atoms with Crippen molar-refractivity contribution in [1.29, 1.82) is 0 Å². The summed E-state index contributed by atoms with van der Waals surface area (Å²) >= 11 is 0. The van der Waals surface area contributed by atoms with Gasteiger partial charge < -0.3 is 31.5 Å². The molecule has 3 aromatic carbocycles. The molecule has 0 aromatic heterocycles. The zero-order valence-electron chi connectivity index (χ0n) is 31.0. The van der Waals surface area contributed by atoms with Crippen molar-refractivity contribution in [2.75, 3.05) is 34.7 Å². The van der Waals surface area contributed by atoms with Gasteiger partial charge in [-0.2, -0.15) is 0 Å². The summed E-state index contributed by atoms with van der Waals surface area (Å²) in [5.41, 5.74) is 15.1. The molecule has 0 radical (unpaired) electrons. The Labute approximate surface area is 303 Å². The lowest BCUT2D eigenvalue weighted by molar-refractivity contribution is -0.146. The fourth-order valence-corrected chi connectivity index (χ4v) is 5.77. The quantitative estimate of drug-likeness (QED) is 0.135. The Bertz CT molecular complexity index is 1590. The molecule has 0 fully saturated rings. The van der Waals surface area contributed by atoms with E-state index in [-0.39, 0.29) is 24.7 Å². The van der Waals surface area contributed by atoms with Crippen LogP contribution in [0.1, 0.15) is 50.7 Å². The van der Waals surface area contributed by atoms with Gasteiger partial charge in [0.25, 0.3) is 0 Å². The molecule has 0 bridgehead atoms. The molecular weight excluding hydrogens is 640 g/mol. The Morgan fingerprint density at radius 1 is 0.725 bits per heavy atom. The molecule has 0 aliphatic heterocycles. The van der Waals surface area contributed by atoms with Crippen LogP contribution in [0.4, 0.5) is 0 Å². The monoisotopic (exact) mass is 696 g/mol. The van der Waals surface area contributed by atoms with Crippen molar-refractivity contribution >= 4 is 23.6 Å². The molecule has 0 spiro atoms. The van der Waals surface area contributed by atoms with Crippen LogP contribution in [0.15, 0.2) is 97.1 Å². The maximum atomic E-state index is 14.6. The van der Waals surface area contributed by atoms with E-state index < -0.39 is 35.5 Å². The lowest BCUT2D eigenvalue weighted by atomic mass is 9.97. The van der Waals surface area contributed by atoms with Crippen molar-refractivity contribution in [2.24, 2.45) is 11.5 Å². The van der Waals surface area contributed by atoms with Crippen LogP contribution < -0.4 is 16.8 Å². The number of nitrogens with two attached hydrogens (primary N) is 2. The van der Waals surface area contributed by atoms with Gasteiger partial charge in [0.2, 0.25) is 23.6 Å². The van der Waals surface area contributed by atoms with E-state index >= 15 is 0 Å². The van der Waals surface area contributed by atoms with Gasteiger partial charge in [-0.25, -0.2) is 0 Å². The van der Waals surface area contributed by atoms with E-state index in [2.05, 4.69) is 5.32 Å². The minimum Gasteiger partial charge on any atom is -0.347 e. The number of amides is 4. The van der Waals surface area contributed by atoms with E-state index in [1.807, 2.05) is 98.8 Å². The third-order valence-corrected chi connectivity index (χ3v) is 8.89. The highest BCUT2D eigenvalue weighted by atomic mass is 16.2. The number of hydrogen-bond acceptors (Lipinski definition) is 6. The zero-order valence-corrected chi connectivity index (χ0v) is 31.0. The highest BCUT2D eigenvalue weighted by molar-refractivity contribution is 5.96. The summed E-state index contributed by atoms with van der Waals surface area (Å²) in [6, 6.07) is 24.7. The van der Waals surface area contributed by atoms with Crippen LogP contribution in [0.25, 0.3) is 11.1 Å². The van der Waals surface area contributed by atoms with Gasteiger partial charge in [0.1, 0.15) is 18.1 Å². The molecule has 0 heterocycles. The van der Waals surface area contributed by atoms with Gasteiger partial charge in [-0.3, -0.25) is 19.2 Å². The Balaban J connectivity index is 1.98. The molecule has 3 atom stereocenters. The summed E-state index contributed by atoms with van der Waals surface area (Å²) in [4.78, 5) is 59.7. The van der Waals surface area contributed by atoms with Crippen molar-refractivity contribution in [2.45, 2.75) is 76.0 Å². The summed E-state index contributed by atoms with van der Waals surface area (Å²) in [6.07, 6.45) is 5.86. The van der Waals surface area contributed by atoms with Gasteiger partial charge in [0.15, 0.2) is 0 Å². The van der Waals surface area contributed by atoms with E-state index in [1.54, 1.807) is 34.3 Å². The van der Waals surface area contributed by atoms with Crippen LogP contribution in [0.5, 0.6) is 0 Å². The second-order valence-corrected chi connectivity index (χ2v) is 14.1.